The molecule has 2 aliphatic rings. The number of carboxylic acids is 1. The van der Waals surface area contributed by atoms with Crippen LogP contribution in [-0.2, 0) is 24.0 Å². The van der Waals surface area contributed by atoms with Crippen molar-refractivity contribution in [3.05, 3.63) is 22.3 Å². The van der Waals surface area contributed by atoms with Crippen LogP contribution in [0.3, 0.4) is 0 Å². The molecule has 0 saturated carbocycles. The van der Waals surface area contributed by atoms with Crippen LogP contribution in [0.1, 0.15) is 12.6 Å². The Balaban J connectivity index is 1.81. The van der Waals surface area contributed by atoms with E-state index in [0.29, 0.717) is 0 Å². The van der Waals surface area contributed by atoms with E-state index in [1.165, 1.54) is 24.4 Å². The molecule has 13 heteroatoms. The van der Waals surface area contributed by atoms with E-state index >= 15 is 0 Å². The molecule has 3 N–H and O–H groups in total. The maximum atomic E-state index is 12.7. The summed E-state index contributed by atoms with van der Waals surface area (Å²) < 4.78 is 0. The van der Waals surface area contributed by atoms with Gasteiger partial charge in [-0.25, -0.2) is 15.0 Å². The fourth-order valence-electron chi connectivity index (χ4n) is 2.94. The quantitative estimate of drug-likeness (QED) is 0.374. The Bertz CT molecular complexity index is 937. The maximum absolute atomic E-state index is 12.7. The zero-order valence-electron chi connectivity index (χ0n) is 14.8. The highest BCUT2D eigenvalue weighted by atomic mass is 32.1. The third kappa shape index (κ3) is 3.32. The number of thiazole rings is 1. The number of nitrogens with zero attached hydrogens (tertiary/aromatic N) is 4. The molecule has 12 nitrogen and oxygen atoms in total. The van der Waals surface area contributed by atoms with Gasteiger partial charge in [-0.1, -0.05) is 5.16 Å². The minimum atomic E-state index is -1.65. The van der Waals surface area contributed by atoms with Gasteiger partial charge in [0.05, 0.1) is 11.7 Å². The molecule has 3 rings (SSSR count). The first-order valence-electron chi connectivity index (χ1n) is 7.92. The minimum absolute atomic E-state index is 0.0299. The number of ketones is 1. The summed E-state index contributed by atoms with van der Waals surface area (Å²) >= 11 is 1.10. The number of amides is 2. The van der Waals surface area contributed by atoms with Crippen molar-refractivity contribution >= 4 is 45.7 Å². The molecule has 1 atom stereocenters. The fraction of sp³-hybridized carbons (Fsp3) is 0.333. The molecule has 2 aliphatic heterocycles. The minimum Gasteiger partial charge on any atom is -0.543 e. The van der Waals surface area contributed by atoms with Crippen LogP contribution in [0.25, 0.3) is 0 Å². The lowest BCUT2D eigenvalue weighted by molar-refractivity contribution is -0.301. The molecule has 1 aromatic rings. The predicted molar refractivity (Wildman–Crippen MR) is 93.1 cm³/mol. The zero-order valence-corrected chi connectivity index (χ0v) is 15.6. The number of carboxylic acid groups (broad SMARTS) is 1. The van der Waals surface area contributed by atoms with Crippen molar-refractivity contribution in [1.29, 1.82) is 0 Å². The molecule has 1 saturated heterocycles. The molecular weight excluding hydrogens is 392 g/mol. The van der Waals surface area contributed by atoms with Crippen LogP contribution in [0.5, 0.6) is 0 Å². The van der Waals surface area contributed by atoms with Crippen LogP contribution in [0, 0.1) is 0 Å². The molecule has 3 heterocycles. The lowest BCUT2D eigenvalue weighted by Gasteiger charge is -2.21. The van der Waals surface area contributed by atoms with Gasteiger partial charge in [-0.2, -0.15) is 0 Å². The van der Waals surface area contributed by atoms with Gasteiger partial charge in [0.15, 0.2) is 16.6 Å². The van der Waals surface area contributed by atoms with E-state index in [4.69, 9.17) is 5.73 Å². The molecule has 2 amide bonds. The van der Waals surface area contributed by atoms with E-state index in [1.54, 1.807) is 0 Å². The zero-order chi connectivity index (χ0) is 20.6. The summed E-state index contributed by atoms with van der Waals surface area (Å²) in [6.07, 6.45) is 0. The summed E-state index contributed by atoms with van der Waals surface area (Å²) in [5.74, 6) is -3.58. The lowest BCUT2D eigenvalue weighted by atomic mass is 10.1. The Morgan fingerprint density at radius 1 is 1.46 bits per heavy atom. The van der Waals surface area contributed by atoms with Gasteiger partial charge in [-0.15, -0.1) is 11.3 Å². The number of hydrazine groups is 1. The average molecular weight is 407 g/mol. The number of aromatic nitrogens is 1. The van der Waals surface area contributed by atoms with Crippen LogP contribution in [0.15, 0.2) is 21.8 Å². The molecule has 1 fully saturated rings. The number of fused-ring (bicyclic) bond motifs is 1. The SMILES string of the molecule is CO/N=C(\C(=O)NC1CN2CC(C(C)=O)=C(C(=O)[O-])N2C1=O)c1csc(N)n1. The normalized spacial score (nSPS) is 19.8. The molecule has 0 aliphatic carbocycles. The summed E-state index contributed by atoms with van der Waals surface area (Å²) in [6.45, 7) is 1.11. The average Bonchev–Trinajstić information content (AvgIpc) is 3.28. The Labute approximate surface area is 162 Å². The molecule has 0 radical (unpaired) electrons. The van der Waals surface area contributed by atoms with E-state index in [-0.39, 0.29) is 35.2 Å². The van der Waals surface area contributed by atoms with E-state index in [9.17, 15) is 24.3 Å². The number of nitrogens with one attached hydrogen (secondary N) is 1. The van der Waals surface area contributed by atoms with Gasteiger partial charge in [0, 0.05) is 24.0 Å². The predicted octanol–water partition coefficient (Wildman–Crippen LogP) is -2.77. The number of nitrogen functional groups attached to an aromatic ring is 1. The summed E-state index contributed by atoms with van der Waals surface area (Å²) in [5, 5.41) is 21.4. The number of rotatable bonds is 6. The number of hydrogen-bond donors (Lipinski definition) is 2. The van der Waals surface area contributed by atoms with Crippen LogP contribution in [-0.4, -0.2) is 70.5 Å². The van der Waals surface area contributed by atoms with E-state index in [2.05, 4.69) is 20.3 Å². The van der Waals surface area contributed by atoms with E-state index < -0.39 is 35.3 Å². The summed E-state index contributed by atoms with van der Waals surface area (Å²) in [5.41, 5.74) is 5.00. The second-order valence-electron chi connectivity index (χ2n) is 5.89. The number of aliphatic carboxylic acids is 1. The van der Waals surface area contributed by atoms with Crippen molar-refractivity contribution in [2.45, 2.75) is 13.0 Å². The Hall–Kier alpha value is -3.32. The monoisotopic (exact) mass is 407 g/mol. The molecule has 1 aromatic heterocycles. The Kier molecular flexibility index (Phi) is 5.11. The van der Waals surface area contributed by atoms with Crippen LogP contribution < -0.4 is 16.2 Å². The second-order valence-corrected chi connectivity index (χ2v) is 6.78. The highest BCUT2D eigenvalue weighted by molar-refractivity contribution is 7.13. The number of carbonyl (C=O) groups excluding carboxylic acids is 4. The molecule has 148 valence electrons. The Morgan fingerprint density at radius 2 is 2.18 bits per heavy atom. The molecule has 0 bridgehead atoms. The molecular formula is C15H15N6O6S-. The molecule has 28 heavy (non-hydrogen) atoms. The standard InChI is InChI=1S/C15H16N6O6S/c1-6(22)7-3-20-4-8(13(24)21(20)11(7)14(25)26)17-12(23)10(19-27-2)9-5-28-15(16)18-9/h5,8H,3-4H2,1-2H3,(H2,16,18)(H,17,23)(H,25,26)/p-1/b19-10-. The topological polar surface area (TPSA) is 170 Å². The van der Waals surface area contributed by atoms with E-state index in [1.807, 2.05) is 0 Å². The van der Waals surface area contributed by atoms with Gasteiger partial charge >= 0.3 is 0 Å². The van der Waals surface area contributed by atoms with Gasteiger partial charge in [0.25, 0.3) is 11.8 Å². The van der Waals surface area contributed by atoms with Crippen molar-refractivity contribution in [2.75, 3.05) is 25.9 Å². The highest BCUT2D eigenvalue weighted by Crippen LogP contribution is 2.29. The fourth-order valence-corrected chi connectivity index (χ4v) is 3.49. The molecule has 1 unspecified atom stereocenters. The van der Waals surface area contributed by atoms with Crippen LogP contribution >= 0.6 is 11.3 Å². The van der Waals surface area contributed by atoms with E-state index in [0.717, 1.165) is 16.3 Å². The Morgan fingerprint density at radius 3 is 2.71 bits per heavy atom. The smallest absolute Gasteiger partial charge is 0.276 e. The van der Waals surface area contributed by atoms with Gasteiger partial charge < -0.3 is 25.8 Å². The van der Waals surface area contributed by atoms with Crippen LogP contribution in [0.4, 0.5) is 5.13 Å². The first kappa shape index (κ1) is 19.4. The highest BCUT2D eigenvalue weighted by Gasteiger charge is 2.47. The van der Waals surface area contributed by atoms with Gasteiger partial charge in [-0.05, 0) is 6.92 Å². The van der Waals surface area contributed by atoms with Gasteiger partial charge in [0.1, 0.15) is 18.8 Å². The van der Waals surface area contributed by atoms with Crippen molar-refractivity contribution in [3.8, 4) is 0 Å². The first-order valence-corrected chi connectivity index (χ1v) is 8.80. The maximum Gasteiger partial charge on any atom is 0.276 e. The summed E-state index contributed by atoms with van der Waals surface area (Å²) in [7, 11) is 1.24. The summed E-state index contributed by atoms with van der Waals surface area (Å²) in [4.78, 5) is 56.9. The van der Waals surface area contributed by atoms with Crippen molar-refractivity contribution in [2.24, 2.45) is 5.16 Å². The largest absolute Gasteiger partial charge is 0.543 e. The first-order chi connectivity index (χ1) is 13.2. The number of anilines is 1. The van der Waals surface area contributed by atoms with Crippen molar-refractivity contribution in [1.82, 2.24) is 20.3 Å². The van der Waals surface area contributed by atoms with Gasteiger partial charge in [0.2, 0.25) is 0 Å². The summed E-state index contributed by atoms with van der Waals surface area (Å²) in [6, 6.07) is -1.06. The third-order valence-corrected chi connectivity index (χ3v) is 4.78. The number of nitrogens with two attached hydrogens (primary N) is 1. The molecule has 0 aromatic carbocycles. The van der Waals surface area contributed by atoms with Crippen molar-refractivity contribution < 1.29 is 29.1 Å². The number of oxime groups is 1. The van der Waals surface area contributed by atoms with Crippen molar-refractivity contribution in [3.63, 3.8) is 0 Å². The second kappa shape index (κ2) is 7.36. The van der Waals surface area contributed by atoms with Crippen LogP contribution in [0.2, 0.25) is 0 Å². The number of hydrogen-bond acceptors (Lipinski definition) is 11. The lowest BCUT2D eigenvalue weighted by Crippen LogP contribution is -2.46. The number of Topliss-reactive ketones (excluding diaryl/α,β-unsaturated/α-hetero) is 1. The third-order valence-electron chi connectivity index (χ3n) is 4.11. The molecule has 0 spiro atoms. The van der Waals surface area contributed by atoms with Gasteiger partial charge in [-0.3, -0.25) is 14.4 Å². The number of carbonyl (C=O) groups is 4.